The van der Waals surface area contributed by atoms with Crippen molar-refractivity contribution in [2.45, 2.75) is 104 Å². The SMILES string of the molecule is Brc1nc2ccccc2s1.CC(C)(C)OC(=O)N1CC=C(B2OC(C)(C)C(C)(C)O2)CC1.CC(C)(C)OC(=O)N1CC=C(c2nc3ccccc3s2)CC1.[B][B]B([B])B([B][B])B(B([B][B])B([B][B])[B][B])B(B([B][B])B([B][B])[B][B])B(B([B][B])B([B][B])[B][B])B([B][B])B([B][B])[B][B].[B][B][B]B([B][B])B([B][B])B(B([B][B])B([B][B])[B][B])B(B([B][B])B([B][B])[B][B])B(B([B][B])B([B][B])[B][B])B([B][B])B([B][B])[B][B]. The molecule has 3 aliphatic rings. The average Bonchev–Trinajstić information content (AvgIpc) is 1.07. The van der Waals surface area contributed by atoms with Gasteiger partial charge < -0.3 is 28.6 Å². The summed E-state index contributed by atoms with van der Waals surface area (Å²) in [6.07, 6.45) is -9.90. The van der Waals surface area contributed by atoms with Crippen LogP contribution in [-0.4, -0.2) is 698 Å². The highest BCUT2D eigenvalue weighted by Crippen LogP contribution is 2.40. The highest BCUT2D eigenvalue weighted by Gasteiger charge is 2.58. The van der Waals surface area contributed by atoms with Gasteiger partial charge in [-0.2, -0.15) is 0 Å². The second-order valence-electron chi connectivity index (χ2n) is 37.2. The summed E-state index contributed by atoms with van der Waals surface area (Å²) in [6, 6.07) is 16.3. The van der Waals surface area contributed by atoms with E-state index in [1.807, 2.05) is 112 Å². The Labute approximate surface area is 938 Å². The summed E-state index contributed by atoms with van der Waals surface area (Å²) in [5.74, 6) is 0. The van der Waals surface area contributed by atoms with Crippen LogP contribution in [0.2, 0.25) is 0 Å². The number of nitrogens with zero attached hydrogens (tertiary/aromatic N) is 4. The fourth-order valence-corrected chi connectivity index (χ4v) is 20.9. The van der Waals surface area contributed by atoms with E-state index in [-0.39, 0.29) is 30.5 Å². The summed E-state index contributed by atoms with van der Waals surface area (Å²) >= 11 is 6.70. The van der Waals surface area contributed by atoms with Crippen molar-refractivity contribution >= 4 is 694 Å². The normalized spacial score (nSPS) is 12.5. The first kappa shape index (κ1) is 136. The van der Waals surface area contributed by atoms with Gasteiger partial charge in [0.15, 0.2) is 3.92 Å². The smallest absolute Gasteiger partial charge is 0.444 e. The summed E-state index contributed by atoms with van der Waals surface area (Å²) in [5.41, 5.74) is 2.86. The third kappa shape index (κ3) is 40.2. The number of rotatable bonds is 56. The number of benzene rings is 2. The molecular formula is C40H52B87BrN4O6S2. The maximum atomic E-state index is 12.1. The van der Waals surface area contributed by atoms with Gasteiger partial charge in [0.05, 0.1) is 31.6 Å². The number of aromatic nitrogens is 2. The van der Waals surface area contributed by atoms with Crippen LogP contribution in [0.25, 0.3) is 26.0 Å². The van der Waals surface area contributed by atoms with E-state index in [0.29, 0.717) is 26.2 Å². The summed E-state index contributed by atoms with van der Waals surface area (Å²) < 4.78 is 26.3. The number of halogens is 1. The zero-order valence-electron chi connectivity index (χ0n) is 82.7. The Bertz CT molecular complexity index is 3940. The molecule has 140 heavy (non-hydrogen) atoms. The van der Waals surface area contributed by atoms with Gasteiger partial charge in [0, 0.05) is 636 Å². The van der Waals surface area contributed by atoms with Crippen LogP contribution in [-0.2, 0) is 18.8 Å². The maximum absolute atomic E-state index is 12.1. The third-order valence-corrected chi connectivity index (χ3v) is 29.0. The lowest BCUT2D eigenvalue weighted by Gasteiger charge is -2.52. The standard InChI is InChI=1S/C17H20N2O2S.C16H28BNO4.C7H4BrNS.B44.B42/c1-17(2,3)21-16(20)19-10-8-12(9-11-19)15-18-13-6-4-5-7-14(13)22-15;1-14(2,3)20-13(19)18-10-8-12(9-11-18)17-21-15(4,5)16(6,7)22-17;8-7-9-5-3-1-2-4-6(5)10-7;1-16-31-36(25-10)41(30-15)43(39(28-13)34(21-6)22-7)44(40(29-14)35(23-8)24-9)42(37(26-11)32(17-2)18-3)38(27-12)33(19-4)20-5;1-16-30(15)35(25-10)40(36(26-11)31(17-2)18-3)42(39(29-14)34(23-8)24-9)41(37(27-12)32(19-4)20-5)38(28-13)33(21-6)22-7/h4-8H,9-11H2,1-3H3;8H,9-11H2,1-7H3;1-4H;;. The predicted octanol–water partition coefficient (Wildman–Crippen LogP) is -22.2. The molecule has 0 bridgehead atoms. The number of para-hydroxylation sites is 2. The molecule has 5 heterocycles. The van der Waals surface area contributed by atoms with Crippen LogP contribution in [0.3, 0.4) is 0 Å². The van der Waals surface area contributed by atoms with E-state index in [4.69, 9.17) is 251 Å². The van der Waals surface area contributed by atoms with Crippen LogP contribution in [0.15, 0.2) is 70.1 Å². The molecule has 0 N–H and O–H groups in total. The second kappa shape index (κ2) is 71.4. The monoisotopic (exact) mass is 1790 g/mol. The zero-order valence-corrected chi connectivity index (χ0v) is 85.9. The van der Waals surface area contributed by atoms with Crippen LogP contribution in [0.5, 0.6) is 0 Å². The van der Waals surface area contributed by atoms with Crippen molar-refractivity contribution < 1.29 is 28.4 Å². The Morgan fingerprint density at radius 2 is 0.643 bits per heavy atom. The van der Waals surface area contributed by atoms with Crippen molar-refractivity contribution in [2.75, 3.05) is 26.2 Å². The van der Waals surface area contributed by atoms with Crippen LogP contribution >= 0.6 is 38.6 Å². The number of fused-ring (bicyclic) bond motifs is 2. The molecule has 1 saturated heterocycles. The molecule has 7 rings (SSSR count). The van der Waals surface area contributed by atoms with E-state index in [1.54, 1.807) is 39.5 Å². The van der Waals surface area contributed by atoms with E-state index in [0.717, 1.165) is 38.3 Å². The zero-order chi connectivity index (χ0) is 106. The Kier molecular flexibility index (Phi) is 69.6. The summed E-state index contributed by atoms with van der Waals surface area (Å²) in [7, 11) is 229. The van der Waals surface area contributed by atoms with Crippen LogP contribution in [0, 0.1) is 0 Å². The molecule has 2 aromatic heterocycles. The molecule has 0 atom stereocenters. The molecule has 2 aromatic carbocycles. The Morgan fingerprint density at radius 3 is 0.893 bits per heavy atom. The number of amides is 2. The van der Waals surface area contributed by atoms with Crippen LogP contribution in [0.1, 0.15) is 87.1 Å². The van der Waals surface area contributed by atoms with E-state index in [1.165, 1.54) is 220 Å². The lowest BCUT2D eigenvalue weighted by molar-refractivity contribution is 0.00578. The third-order valence-electron chi connectivity index (χ3n) is 26.4. The molecule has 10 nitrogen and oxygen atoms in total. The van der Waals surface area contributed by atoms with Crippen molar-refractivity contribution in [3.8, 4) is 0 Å². The van der Waals surface area contributed by atoms with Gasteiger partial charge in [-0.15, -0.1) is 22.7 Å². The van der Waals surface area contributed by atoms with Gasteiger partial charge in [-0.25, -0.2) is 19.6 Å². The minimum atomic E-state index is -0.751. The molecular weight excluding hydrogens is 1720 g/mol. The van der Waals surface area contributed by atoms with E-state index < -0.39 is 177 Å². The molecule has 90 radical (unpaired) electrons. The second-order valence-corrected chi connectivity index (χ2v) is 40.5. The van der Waals surface area contributed by atoms with Crippen LogP contribution in [0.4, 0.5) is 9.59 Å². The number of thiazole rings is 2. The lowest BCUT2D eigenvalue weighted by atomic mass is 8.29. The number of ether oxygens (including phenoxy) is 2. The molecule has 0 saturated carbocycles. The number of hydrogen-bond donors (Lipinski definition) is 0. The van der Waals surface area contributed by atoms with Crippen molar-refractivity contribution in [1.29, 1.82) is 0 Å². The molecule has 0 aliphatic carbocycles. The van der Waals surface area contributed by atoms with Gasteiger partial charge in [-0.3, -0.25) is 0 Å². The maximum Gasteiger partial charge on any atom is 0.490 e. The number of hydrogen-bond acceptors (Lipinski definition) is 10. The molecule has 548 valence electrons. The first-order chi connectivity index (χ1) is 66.6. The first-order valence-corrected chi connectivity index (χ1v) is 48.7. The molecule has 4 aromatic rings. The average molecular weight is 1770 g/mol. The van der Waals surface area contributed by atoms with Crippen molar-refractivity contribution in [2.24, 2.45) is 0 Å². The fourth-order valence-electron chi connectivity index (χ4n) is 18.5. The highest BCUT2D eigenvalue weighted by molar-refractivity contribution is 9.11. The predicted molar refractivity (Wildman–Crippen MR) is 719 cm³/mol. The van der Waals surface area contributed by atoms with Gasteiger partial charge in [0.2, 0.25) is 0 Å². The highest BCUT2D eigenvalue weighted by atomic mass is 79.9. The van der Waals surface area contributed by atoms with Gasteiger partial charge in [0.25, 0.3) is 0 Å². The quantitative estimate of drug-likeness (QED) is 0.0403. The Morgan fingerprint density at radius 1 is 0.371 bits per heavy atom. The Balaban J connectivity index is 0.000000479. The van der Waals surface area contributed by atoms with Gasteiger partial charge in [-0.1, -0.05) is 36.4 Å². The van der Waals surface area contributed by atoms with Gasteiger partial charge in [0.1, 0.15) is 16.2 Å². The molecule has 2 amide bonds. The topological polar surface area (TPSA) is 103 Å². The molecule has 0 unspecified atom stereocenters. The van der Waals surface area contributed by atoms with E-state index >= 15 is 0 Å². The van der Waals surface area contributed by atoms with Crippen LogP contribution < -0.4 is 0 Å². The summed E-state index contributed by atoms with van der Waals surface area (Å²) in [5, 5.41) is 1.06. The minimum Gasteiger partial charge on any atom is -0.444 e. The van der Waals surface area contributed by atoms with E-state index in [2.05, 4.69) is 44.1 Å². The van der Waals surface area contributed by atoms with Gasteiger partial charge >= 0.3 is 19.3 Å². The van der Waals surface area contributed by atoms with Crippen molar-refractivity contribution in [3.05, 3.63) is 75.1 Å². The van der Waals surface area contributed by atoms with Crippen molar-refractivity contribution in [1.82, 2.24) is 19.8 Å². The molecule has 100 heteroatoms. The number of carbonyl (C=O) groups excluding carboxylic acids is 2. The minimum absolute atomic E-state index is 0.243. The van der Waals surface area contributed by atoms with E-state index in [9.17, 15) is 9.59 Å². The number of carbonyl (C=O) groups is 2. The summed E-state index contributed by atoms with van der Waals surface area (Å²) in [6.45, 7) is 21.9. The fraction of sp³-hybridized carbons (Fsp3) is 0.500. The Hall–Kier alpha value is 2.29. The summed E-state index contributed by atoms with van der Waals surface area (Å²) in [4.78, 5) is 36.5. The lowest BCUT2D eigenvalue weighted by Crippen LogP contribution is -2.90. The first-order valence-electron chi connectivity index (χ1n) is 46.3. The van der Waals surface area contributed by atoms with Crippen molar-refractivity contribution in [3.63, 3.8) is 0 Å². The molecule has 0 spiro atoms. The van der Waals surface area contributed by atoms with Gasteiger partial charge in [-0.05, 0) is 133 Å². The molecule has 1 fully saturated rings. The largest absolute Gasteiger partial charge is 0.490 e. The molecule has 3 aliphatic heterocycles.